The molecule has 0 spiro atoms. The molecule has 7 heteroatoms. The van der Waals surface area contributed by atoms with E-state index >= 15 is 0 Å². The highest BCUT2D eigenvalue weighted by atomic mass is 32.3. The van der Waals surface area contributed by atoms with E-state index in [2.05, 4.69) is 0 Å². The van der Waals surface area contributed by atoms with E-state index in [1.807, 2.05) is 44.2 Å². The Balaban J connectivity index is 2.14. The molecule has 0 radical (unpaired) electrons. The lowest BCUT2D eigenvalue weighted by atomic mass is 9.78. The standard InChI is InChI=1S/C26H28O5S2/c1-20(2)26(21-12-6-3-7-13-21)22(19-27)18-25(32(28,29)23-14-8-4-9-15-23)33(30,31)24-16-10-5-11-17-24/h3-17,19-20,22,25-26H,18H2,1-2H3/t22-,26-/m1/s1. The minimum atomic E-state index is -4.30. The van der Waals surface area contributed by atoms with Crippen molar-refractivity contribution in [1.82, 2.24) is 0 Å². The first kappa shape index (κ1) is 24.9. The average molecular weight is 485 g/mol. The van der Waals surface area contributed by atoms with Crippen molar-refractivity contribution in [3.63, 3.8) is 0 Å². The second-order valence-corrected chi connectivity index (χ2v) is 12.9. The van der Waals surface area contributed by atoms with Crippen LogP contribution in [0.15, 0.2) is 101 Å². The van der Waals surface area contributed by atoms with Crippen LogP contribution in [0.3, 0.4) is 0 Å². The second-order valence-electron chi connectivity index (χ2n) is 8.36. The van der Waals surface area contributed by atoms with Crippen LogP contribution in [0.25, 0.3) is 0 Å². The third-order valence-corrected chi connectivity index (χ3v) is 11.0. The minimum Gasteiger partial charge on any atom is -0.303 e. The van der Waals surface area contributed by atoms with Gasteiger partial charge in [-0.15, -0.1) is 0 Å². The van der Waals surface area contributed by atoms with Crippen LogP contribution in [0.4, 0.5) is 0 Å². The molecule has 5 nitrogen and oxygen atoms in total. The molecule has 0 fully saturated rings. The van der Waals surface area contributed by atoms with Crippen molar-refractivity contribution in [1.29, 1.82) is 0 Å². The van der Waals surface area contributed by atoms with Gasteiger partial charge in [0, 0.05) is 5.92 Å². The van der Waals surface area contributed by atoms with Gasteiger partial charge in [0.2, 0.25) is 0 Å². The molecule has 0 saturated carbocycles. The Hall–Kier alpha value is -2.77. The van der Waals surface area contributed by atoms with Crippen molar-refractivity contribution >= 4 is 26.0 Å². The molecule has 0 amide bonds. The van der Waals surface area contributed by atoms with Crippen LogP contribution in [0.2, 0.25) is 0 Å². The van der Waals surface area contributed by atoms with Crippen LogP contribution in [0.5, 0.6) is 0 Å². The summed E-state index contributed by atoms with van der Waals surface area (Å²) >= 11 is 0. The van der Waals surface area contributed by atoms with Gasteiger partial charge in [-0.05, 0) is 48.1 Å². The summed E-state index contributed by atoms with van der Waals surface area (Å²) < 4.78 is 52.8. The lowest BCUT2D eigenvalue weighted by molar-refractivity contribution is -0.112. The van der Waals surface area contributed by atoms with E-state index < -0.39 is 30.2 Å². The average Bonchev–Trinajstić information content (AvgIpc) is 2.82. The van der Waals surface area contributed by atoms with Crippen LogP contribution >= 0.6 is 0 Å². The lowest BCUT2D eigenvalue weighted by Crippen LogP contribution is -2.35. The van der Waals surface area contributed by atoms with Crippen molar-refractivity contribution in [2.24, 2.45) is 11.8 Å². The maximum atomic E-state index is 13.6. The Morgan fingerprint density at radius 2 is 1.06 bits per heavy atom. The van der Waals surface area contributed by atoms with Crippen molar-refractivity contribution < 1.29 is 21.6 Å². The third kappa shape index (κ3) is 5.42. The quantitative estimate of drug-likeness (QED) is 0.382. The van der Waals surface area contributed by atoms with Crippen molar-refractivity contribution in [2.45, 2.75) is 40.6 Å². The van der Waals surface area contributed by atoms with Gasteiger partial charge in [-0.3, -0.25) is 0 Å². The molecule has 174 valence electrons. The molecule has 3 aromatic carbocycles. The molecule has 0 aliphatic heterocycles. The van der Waals surface area contributed by atoms with Gasteiger partial charge in [-0.1, -0.05) is 80.6 Å². The molecule has 0 heterocycles. The fourth-order valence-corrected chi connectivity index (χ4v) is 8.89. The molecule has 33 heavy (non-hydrogen) atoms. The van der Waals surface area contributed by atoms with E-state index in [1.54, 1.807) is 36.4 Å². The Labute approximate surface area is 196 Å². The van der Waals surface area contributed by atoms with Crippen molar-refractivity contribution in [3.05, 3.63) is 96.6 Å². The van der Waals surface area contributed by atoms with Crippen LogP contribution in [0, 0.1) is 11.8 Å². The highest BCUT2D eigenvalue weighted by Crippen LogP contribution is 2.38. The molecule has 0 aliphatic carbocycles. The number of carbonyl (C=O) groups is 1. The first-order chi connectivity index (χ1) is 15.7. The van der Waals surface area contributed by atoms with E-state index in [4.69, 9.17) is 0 Å². The molecule has 0 saturated heterocycles. The number of aldehydes is 1. The zero-order chi connectivity index (χ0) is 24.1. The zero-order valence-electron chi connectivity index (χ0n) is 18.6. The normalized spacial score (nSPS) is 14.2. The first-order valence-electron chi connectivity index (χ1n) is 10.8. The first-order valence-corrected chi connectivity index (χ1v) is 13.9. The number of rotatable bonds is 10. The topological polar surface area (TPSA) is 85.3 Å². The molecular formula is C26H28O5S2. The Morgan fingerprint density at radius 1 is 0.667 bits per heavy atom. The Morgan fingerprint density at radius 3 is 1.42 bits per heavy atom. The summed E-state index contributed by atoms with van der Waals surface area (Å²) in [7, 11) is -8.60. The van der Waals surface area contributed by atoms with Crippen LogP contribution in [-0.4, -0.2) is 27.7 Å². The smallest absolute Gasteiger partial charge is 0.195 e. The molecular weight excluding hydrogens is 456 g/mol. The van der Waals surface area contributed by atoms with Gasteiger partial charge in [0.25, 0.3) is 0 Å². The Bertz CT molecular complexity index is 1180. The maximum Gasteiger partial charge on any atom is 0.195 e. The van der Waals surface area contributed by atoms with Gasteiger partial charge in [-0.25, -0.2) is 16.8 Å². The van der Waals surface area contributed by atoms with E-state index in [0.717, 1.165) is 5.56 Å². The van der Waals surface area contributed by atoms with Gasteiger partial charge in [0.1, 0.15) is 6.29 Å². The van der Waals surface area contributed by atoms with E-state index in [0.29, 0.717) is 6.29 Å². The summed E-state index contributed by atoms with van der Waals surface area (Å²) in [6.45, 7) is 3.89. The lowest BCUT2D eigenvalue weighted by Gasteiger charge is -2.30. The number of hydrogen-bond acceptors (Lipinski definition) is 5. The number of benzene rings is 3. The summed E-state index contributed by atoms with van der Waals surface area (Å²) in [5.41, 5.74) is 0.873. The summed E-state index contributed by atoms with van der Waals surface area (Å²) in [5, 5.41) is 0. The molecule has 0 aromatic heterocycles. The molecule has 0 aliphatic rings. The van der Waals surface area contributed by atoms with Gasteiger partial charge < -0.3 is 4.79 Å². The highest BCUT2D eigenvalue weighted by Gasteiger charge is 2.43. The van der Waals surface area contributed by atoms with E-state index in [9.17, 15) is 21.6 Å². The van der Waals surface area contributed by atoms with E-state index in [-0.39, 0.29) is 28.0 Å². The molecule has 2 atom stereocenters. The van der Waals surface area contributed by atoms with Gasteiger partial charge in [-0.2, -0.15) is 0 Å². The minimum absolute atomic E-state index is 0.0119. The second kappa shape index (κ2) is 10.4. The summed E-state index contributed by atoms with van der Waals surface area (Å²) in [5.74, 6) is -1.15. The van der Waals surface area contributed by atoms with Crippen molar-refractivity contribution in [2.75, 3.05) is 0 Å². The van der Waals surface area contributed by atoms with E-state index in [1.165, 1.54) is 24.3 Å². The summed E-state index contributed by atoms with van der Waals surface area (Å²) in [4.78, 5) is 12.1. The monoisotopic (exact) mass is 484 g/mol. The number of carbonyl (C=O) groups excluding carboxylic acids is 1. The van der Waals surface area contributed by atoms with Gasteiger partial charge in [0.05, 0.1) is 9.79 Å². The fraction of sp³-hybridized carbons (Fsp3) is 0.269. The predicted octanol–water partition coefficient (Wildman–Crippen LogP) is 4.91. The van der Waals surface area contributed by atoms with Gasteiger partial charge in [0.15, 0.2) is 24.3 Å². The number of hydrogen-bond donors (Lipinski definition) is 0. The Kier molecular flexibility index (Phi) is 7.87. The van der Waals surface area contributed by atoms with Crippen LogP contribution in [0.1, 0.15) is 31.7 Å². The summed E-state index contributed by atoms with van der Waals surface area (Å²) in [6, 6.07) is 24.4. The fourth-order valence-electron chi connectivity index (χ4n) is 4.25. The zero-order valence-corrected chi connectivity index (χ0v) is 20.2. The molecule has 0 unspecified atom stereocenters. The maximum absolute atomic E-state index is 13.6. The van der Waals surface area contributed by atoms with Gasteiger partial charge >= 0.3 is 0 Å². The van der Waals surface area contributed by atoms with Crippen LogP contribution in [-0.2, 0) is 24.5 Å². The molecule has 3 rings (SSSR count). The molecule has 0 bridgehead atoms. The SMILES string of the molecule is CC(C)[C@H](c1ccccc1)[C@@H](C=O)CC(S(=O)(=O)c1ccccc1)S(=O)(=O)c1ccccc1. The predicted molar refractivity (Wildman–Crippen MR) is 129 cm³/mol. The largest absolute Gasteiger partial charge is 0.303 e. The summed E-state index contributed by atoms with van der Waals surface area (Å²) in [6.07, 6.45) is 0.362. The van der Waals surface area contributed by atoms with Crippen molar-refractivity contribution in [3.8, 4) is 0 Å². The molecule has 0 N–H and O–H groups in total. The highest BCUT2D eigenvalue weighted by molar-refractivity contribution is 8.09. The third-order valence-electron chi connectivity index (χ3n) is 5.84. The molecule has 3 aromatic rings. The van der Waals surface area contributed by atoms with Crippen LogP contribution < -0.4 is 0 Å². The number of sulfone groups is 2.